The third kappa shape index (κ3) is 5.01. The summed E-state index contributed by atoms with van der Waals surface area (Å²) >= 11 is 0. The second kappa shape index (κ2) is 7.77. The monoisotopic (exact) mass is 284 g/mol. The molecule has 3 unspecified atom stereocenters. The standard InChI is InChI=1S/C17H36N2O/c1-12(11-20)13(2)19-16(10-18)14-6-8-15(9-7-14)17(3,4)5/h12-16,19-20H,6-11,18H2,1-5H3. The van der Waals surface area contributed by atoms with Crippen LogP contribution in [0.4, 0.5) is 0 Å². The van der Waals surface area contributed by atoms with Crippen molar-refractivity contribution in [3.05, 3.63) is 0 Å². The molecule has 0 spiro atoms. The molecular formula is C17H36N2O. The lowest BCUT2D eigenvalue weighted by molar-refractivity contribution is 0.124. The lowest BCUT2D eigenvalue weighted by Gasteiger charge is -2.40. The summed E-state index contributed by atoms with van der Waals surface area (Å²) < 4.78 is 0. The number of rotatable bonds is 6. The van der Waals surface area contributed by atoms with Gasteiger partial charge in [-0.05, 0) is 55.8 Å². The maximum atomic E-state index is 9.25. The molecule has 120 valence electrons. The molecule has 20 heavy (non-hydrogen) atoms. The molecule has 0 saturated heterocycles. The Balaban J connectivity index is 2.48. The molecule has 0 amide bonds. The molecular weight excluding hydrogens is 248 g/mol. The van der Waals surface area contributed by atoms with Crippen molar-refractivity contribution in [1.29, 1.82) is 0 Å². The van der Waals surface area contributed by atoms with Gasteiger partial charge in [0.25, 0.3) is 0 Å². The molecule has 3 atom stereocenters. The predicted octanol–water partition coefficient (Wildman–Crippen LogP) is 2.77. The minimum Gasteiger partial charge on any atom is -0.396 e. The van der Waals surface area contributed by atoms with Crippen molar-refractivity contribution < 1.29 is 5.11 Å². The van der Waals surface area contributed by atoms with Crippen LogP contribution in [0.25, 0.3) is 0 Å². The van der Waals surface area contributed by atoms with E-state index < -0.39 is 0 Å². The van der Waals surface area contributed by atoms with E-state index in [1.54, 1.807) is 0 Å². The highest BCUT2D eigenvalue weighted by Crippen LogP contribution is 2.40. The van der Waals surface area contributed by atoms with Crippen molar-refractivity contribution in [1.82, 2.24) is 5.32 Å². The summed E-state index contributed by atoms with van der Waals surface area (Å²) in [4.78, 5) is 0. The quantitative estimate of drug-likeness (QED) is 0.703. The molecule has 0 bridgehead atoms. The van der Waals surface area contributed by atoms with E-state index >= 15 is 0 Å². The van der Waals surface area contributed by atoms with E-state index in [0.29, 0.717) is 30.0 Å². The fourth-order valence-corrected chi connectivity index (χ4v) is 3.44. The van der Waals surface area contributed by atoms with Crippen molar-refractivity contribution in [3.8, 4) is 0 Å². The van der Waals surface area contributed by atoms with E-state index in [1.807, 2.05) is 0 Å². The van der Waals surface area contributed by atoms with Gasteiger partial charge < -0.3 is 16.2 Å². The topological polar surface area (TPSA) is 58.3 Å². The van der Waals surface area contributed by atoms with Gasteiger partial charge in [-0.3, -0.25) is 0 Å². The summed E-state index contributed by atoms with van der Waals surface area (Å²) in [5.74, 6) is 1.84. The first-order chi connectivity index (χ1) is 9.29. The van der Waals surface area contributed by atoms with Crippen LogP contribution < -0.4 is 11.1 Å². The highest BCUT2D eigenvalue weighted by Gasteiger charge is 2.33. The van der Waals surface area contributed by atoms with Crippen molar-refractivity contribution in [3.63, 3.8) is 0 Å². The van der Waals surface area contributed by atoms with Crippen LogP contribution in [0.2, 0.25) is 0 Å². The van der Waals surface area contributed by atoms with E-state index in [1.165, 1.54) is 25.7 Å². The highest BCUT2D eigenvalue weighted by atomic mass is 16.3. The van der Waals surface area contributed by atoms with Crippen molar-refractivity contribution >= 4 is 0 Å². The third-order valence-electron chi connectivity index (χ3n) is 5.44. The van der Waals surface area contributed by atoms with Gasteiger partial charge in [0, 0.05) is 25.2 Å². The van der Waals surface area contributed by atoms with Crippen molar-refractivity contribution in [2.24, 2.45) is 28.9 Å². The summed E-state index contributed by atoms with van der Waals surface area (Å²) in [5, 5.41) is 12.9. The van der Waals surface area contributed by atoms with E-state index in [0.717, 1.165) is 5.92 Å². The molecule has 4 N–H and O–H groups in total. The number of aliphatic hydroxyl groups excluding tert-OH is 1. The van der Waals surface area contributed by atoms with Crippen LogP contribution in [-0.4, -0.2) is 30.3 Å². The average Bonchev–Trinajstić information content (AvgIpc) is 2.42. The minimum atomic E-state index is 0.238. The molecule has 0 aromatic carbocycles. The van der Waals surface area contributed by atoms with Crippen LogP contribution in [0.1, 0.15) is 60.3 Å². The van der Waals surface area contributed by atoms with Gasteiger partial charge in [0.05, 0.1) is 0 Å². The van der Waals surface area contributed by atoms with Gasteiger partial charge in [0.2, 0.25) is 0 Å². The van der Waals surface area contributed by atoms with E-state index in [2.05, 4.69) is 39.9 Å². The van der Waals surface area contributed by atoms with Gasteiger partial charge in [-0.15, -0.1) is 0 Å². The Morgan fingerprint density at radius 1 is 1.15 bits per heavy atom. The zero-order valence-electron chi connectivity index (χ0n) is 14.2. The van der Waals surface area contributed by atoms with Gasteiger partial charge in [-0.25, -0.2) is 0 Å². The van der Waals surface area contributed by atoms with Crippen molar-refractivity contribution in [2.75, 3.05) is 13.2 Å². The second-order valence-electron chi connectivity index (χ2n) is 7.94. The largest absolute Gasteiger partial charge is 0.396 e. The Bertz CT molecular complexity index is 267. The summed E-state index contributed by atoms with van der Waals surface area (Å²) in [5.41, 5.74) is 6.43. The molecule has 1 aliphatic carbocycles. The Morgan fingerprint density at radius 2 is 1.70 bits per heavy atom. The van der Waals surface area contributed by atoms with Gasteiger partial charge in [-0.1, -0.05) is 27.7 Å². The van der Waals surface area contributed by atoms with Crippen LogP contribution in [0.15, 0.2) is 0 Å². The van der Waals surface area contributed by atoms with Crippen LogP contribution in [0.5, 0.6) is 0 Å². The fourth-order valence-electron chi connectivity index (χ4n) is 3.44. The number of aliphatic hydroxyl groups is 1. The van der Waals surface area contributed by atoms with Crippen LogP contribution in [0, 0.1) is 23.2 Å². The van der Waals surface area contributed by atoms with Gasteiger partial charge in [0.1, 0.15) is 0 Å². The second-order valence-corrected chi connectivity index (χ2v) is 7.94. The van der Waals surface area contributed by atoms with E-state index in [9.17, 15) is 5.11 Å². The molecule has 0 aromatic heterocycles. The first kappa shape index (κ1) is 17.9. The molecule has 1 aliphatic rings. The van der Waals surface area contributed by atoms with Crippen molar-refractivity contribution in [2.45, 2.75) is 72.4 Å². The van der Waals surface area contributed by atoms with Crippen LogP contribution in [0.3, 0.4) is 0 Å². The molecule has 3 heteroatoms. The van der Waals surface area contributed by atoms with Gasteiger partial charge >= 0.3 is 0 Å². The van der Waals surface area contributed by atoms with Crippen LogP contribution >= 0.6 is 0 Å². The summed E-state index contributed by atoms with van der Waals surface area (Å²) in [6, 6.07) is 0.730. The molecule has 1 rings (SSSR count). The molecule has 3 nitrogen and oxygen atoms in total. The zero-order chi connectivity index (χ0) is 15.3. The smallest absolute Gasteiger partial charge is 0.0471 e. The summed E-state index contributed by atoms with van der Waals surface area (Å²) in [6.07, 6.45) is 5.24. The first-order valence-electron chi connectivity index (χ1n) is 8.36. The molecule has 1 fully saturated rings. The Hall–Kier alpha value is -0.120. The number of nitrogens with one attached hydrogen (secondary N) is 1. The summed E-state index contributed by atoms with van der Waals surface area (Å²) in [7, 11) is 0. The van der Waals surface area contributed by atoms with Gasteiger partial charge in [-0.2, -0.15) is 0 Å². The summed E-state index contributed by atoms with van der Waals surface area (Å²) in [6.45, 7) is 12.3. The lowest BCUT2D eigenvalue weighted by Crippen LogP contribution is -2.49. The maximum absolute atomic E-state index is 9.25. The Morgan fingerprint density at radius 3 is 2.10 bits per heavy atom. The van der Waals surface area contributed by atoms with E-state index in [-0.39, 0.29) is 12.5 Å². The number of nitrogens with two attached hydrogens (primary N) is 1. The zero-order valence-corrected chi connectivity index (χ0v) is 14.2. The van der Waals surface area contributed by atoms with Gasteiger partial charge in [0.15, 0.2) is 0 Å². The minimum absolute atomic E-state index is 0.238. The SMILES string of the molecule is CC(CO)C(C)NC(CN)C1CCC(C(C)(C)C)CC1. The van der Waals surface area contributed by atoms with E-state index in [4.69, 9.17) is 5.73 Å². The molecule has 0 aromatic rings. The number of hydrogen-bond donors (Lipinski definition) is 3. The lowest BCUT2D eigenvalue weighted by atomic mass is 9.68. The predicted molar refractivity (Wildman–Crippen MR) is 86.6 cm³/mol. The average molecular weight is 284 g/mol. The van der Waals surface area contributed by atoms with Crippen LogP contribution in [-0.2, 0) is 0 Å². The first-order valence-corrected chi connectivity index (χ1v) is 8.36. The normalized spacial score (nSPS) is 28.9. The Kier molecular flexibility index (Phi) is 6.96. The fraction of sp³-hybridized carbons (Fsp3) is 1.00. The molecule has 0 aliphatic heterocycles. The Labute approximate surface area is 125 Å². The maximum Gasteiger partial charge on any atom is 0.0471 e. The highest BCUT2D eigenvalue weighted by molar-refractivity contribution is 4.87. The molecule has 0 radical (unpaired) electrons. The molecule has 0 heterocycles. The molecule has 1 saturated carbocycles. The third-order valence-corrected chi connectivity index (χ3v) is 5.44. The number of hydrogen-bond acceptors (Lipinski definition) is 3.